The fourth-order valence-electron chi connectivity index (χ4n) is 4.02. The molecule has 0 fully saturated rings. The number of ether oxygens (including phenoxy) is 1. The van der Waals surface area contributed by atoms with Crippen LogP contribution in [0.15, 0.2) is 48.8 Å². The van der Waals surface area contributed by atoms with Gasteiger partial charge in [-0.05, 0) is 43.7 Å². The zero-order chi connectivity index (χ0) is 23.7. The fraction of sp³-hybridized carbons (Fsp3) is 0.240. The molecule has 1 amide bonds. The van der Waals surface area contributed by atoms with Crippen LogP contribution >= 0.6 is 0 Å². The number of aromatic nitrogens is 3. The molecular weight excluding hydrogens is 423 g/mol. The number of aryl methyl sites for hydroxylation is 1. The average molecular weight is 448 g/mol. The van der Waals surface area contributed by atoms with Gasteiger partial charge < -0.3 is 14.8 Å². The van der Waals surface area contributed by atoms with Crippen LogP contribution in [0, 0.1) is 24.9 Å². The van der Waals surface area contributed by atoms with E-state index < -0.39 is 0 Å². The Hall–Kier alpha value is -3.94. The zero-order valence-electron chi connectivity index (χ0n) is 19.0. The minimum Gasteiger partial charge on any atom is -0.618 e. The van der Waals surface area contributed by atoms with Crippen LogP contribution < -0.4 is 9.47 Å². The van der Waals surface area contributed by atoms with Gasteiger partial charge in [0.25, 0.3) is 5.91 Å². The number of amides is 1. The Balaban J connectivity index is 1.69. The van der Waals surface area contributed by atoms with E-state index in [0.717, 1.165) is 21.2 Å². The number of rotatable bonds is 6. The van der Waals surface area contributed by atoms with Crippen molar-refractivity contribution in [2.24, 2.45) is 0 Å². The summed E-state index contributed by atoms with van der Waals surface area (Å²) in [5.41, 5.74) is 4.48. The van der Waals surface area contributed by atoms with Crippen molar-refractivity contribution in [1.82, 2.24) is 15.1 Å². The lowest BCUT2D eigenvalue weighted by Gasteiger charge is -2.21. The van der Waals surface area contributed by atoms with Gasteiger partial charge in [0.15, 0.2) is 6.20 Å². The molecule has 0 aliphatic rings. The number of nitrogens with zero attached hydrogens (tertiary/aromatic N) is 3. The van der Waals surface area contributed by atoms with Crippen molar-refractivity contribution in [2.45, 2.75) is 27.3 Å². The molecule has 0 atom stereocenters. The van der Waals surface area contributed by atoms with Crippen molar-refractivity contribution in [3.8, 4) is 16.9 Å². The topological polar surface area (TPSA) is 85.2 Å². The van der Waals surface area contributed by atoms with Crippen molar-refractivity contribution >= 4 is 16.8 Å². The van der Waals surface area contributed by atoms with Crippen LogP contribution in [0.25, 0.3) is 22.0 Å². The van der Waals surface area contributed by atoms with Crippen molar-refractivity contribution < 1.29 is 18.7 Å². The summed E-state index contributed by atoms with van der Waals surface area (Å²) in [6, 6.07) is 9.78. The lowest BCUT2D eigenvalue weighted by atomic mass is 9.97. The summed E-state index contributed by atoms with van der Waals surface area (Å²) >= 11 is 0. The summed E-state index contributed by atoms with van der Waals surface area (Å²) < 4.78 is 20.5. The number of carbonyl (C=O) groups is 1. The van der Waals surface area contributed by atoms with E-state index in [-0.39, 0.29) is 18.3 Å². The first-order valence-electron chi connectivity index (χ1n) is 10.6. The Morgan fingerprint density at radius 2 is 2.06 bits per heavy atom. The summed E-state index contributed by atoms with van der Waals surface area (Å²) in [5, 5.41) is 19.9. The van der Waals surface area contributed by atoms with E-state index in [1.807, 2.05) is 13.8 Å². The number of nitrogens with one attached hydrogen (secondary N) is 1. The quantitative estimate of drug-likeness (QED) is 0.352. The number of carbonyl (C=O) groups excluding carboxylic acids is 1. The molecule has 8 heteroatoms. The predicted octanol–water partition coefficient (Wildman–Crippen LogP) is 4.29. The molecule has 0 saturated carbocycles. The molecule has 0 saturated heterocycles. The zero-order valence-corrected chi connectivity index (χ0v) is 19.0. The van der Waals surface area contributed by atoms with Crippen LogP contribution in [0.5, 0.6) is 5.75 Å². The van der Waals surface area contributed by atoms with Crippen LogP contribution in [-0.4, -0.2) is 34.7 Å². The summed E-state index contributed by atoms with van der Waals surface area (Å²) in [7, 11) is 1.68. The third-order valence-electron chi connectivity index (χ3n) is 5.77. The Morgan fingerprint density at radius 3 is 2.79 bits per heavy atom. The van der Waals surface area contributed by atoms with Gasteiger partial charge in [0.05, 0.1) is 35.8 Å². The number of hydrogen-bond donors (Lipinski definition) is 1. The lowest BCUT2D eigenvalue weighted by Crippen LogP contribution is -2.33. The van der Waals surface area contributed by atoms with Gasteiger partial charge >= 0.3 is 0 Å². The van der Waals surface area contributed by atoms with Gasteiger partial charge in [-0.25, -0.2) is 4.39 Å². The van der Waals surface area contributed by atoms with Gasteiger partial charge in [-0.15, -0.1) is 0 Å². The lowest BCUT2D eigenvalue weighted by molar-refractivity contribution is -0.611. The fourth-order valence-corrected chi connectivity index (χ4v) is 4.02. The molecule has 7 nitrogen and oxygen atoms in total. The molecular formula is C25H25FN4O3. The smallest absolute Gasteiger partial charge is 0.254 e. The second-order valence-corrected chi connectivity index (χ2v) is 7.94. The molecule has 0 radical (unpaired) electrons. The van der Waals surface area contributed by atoms with Gasteiger partial charge in [0.1, 0.15) is 11.6 Å². The first-order chi connectivity index (χ1) is 15.8. The van der Waals surface area contributed by atoms with Gasteiger partial charge in [0, 0.05) is 30.7 Å². The van der Waals surface area contributed by atoms with Gasteiger partial charge in [-0.3, -0.25) is 9.89 Å². The van der Waals surface area contributed by atoms with E-state index in [4.69, 9.17) is 4.74 Å². The van der Waals surface area contributed by atoms with E-state index in [2.05, 4.69) is 10.2 Å². The van der Waals surface area contributed by atoms with E-state index in [0.29, 0.717) is 40.3 Å². The maximum absolute atomic E-state index is 13.8. The monoisotopic (exact) mass is 448 g/mol. The number of hydrogen-bond acceptors (Lipinski definition) is 4. The standard InChI is InChI=1S/C25H25FN4O3/c1-5-33-24-15(2)20(9-10-21(24)17-7-6-8-19(26)11-17)25(31)29(4)13-18-14-30(32)16(3)22-12-27-28-23(18)22/h6-12,14H,5,13H2,1-4H3,(H,27,28). The van der Waals surface area contributed by atoms with Gasteiger partial charge in [0.2, 0.25) is 5.69 Å². The summed E-state index contributed by atoms with van der Waals surface area (Å²) in [6.45, 7) is 6.03. The van der Waals surface area contributed by atoms with Gasteiger partial charge in [-0.2, -0.15) is 9.83 Å². The first kappa shape index (κ1) is 22.3. The van der Waals surface area contributed by atoms with Crippen molar-refractivity contribution in [3.63, 3.8) is 0 Å². The predicted molar refractivity (Wildman–Crippen MR) is 123 cm³/mol. The molecule has 0 bridgehead atoms. The number of pyridine rings is 1. The first-order valence-corrected chi connectivity index (χ1v) is 10.6. The maximum Gasteiger partial charge on any atom is 0.254 e. The number of aromatic amines is 1. The van der Waals surface area contributed by atoms with Crippen molar-refractivity contribution in [3.05, 3.63) is 82.2 Å². The molecule has 2 aromatic carbocycles. The number of H-pyrrole nitrogens is 1. The average Bonchev–Trinajstić information content (AvgIpc) is 3.29. The SMILES string of the molecule is CCOc1c(-c2cccc(F)c2)ccc(C(=O)N(C)Cc2c[n+]([O-])c(C)c3cn[nH]c23)c1C. The van der Waals surface area contributed by atoms with Crippen LogP contribution in [0.1, 0.15) is 34.1 Å². The molecule has 0 spiro atoms. The van der Waals surface area contributed by atoms with Crippen LogP contribution in [0.2, 0.25) is 0 Å². The molecule has 0 aliphatic carbocycles. The molecule has 170 valence electrons. The third kappa shape index (κ3) is 4.11. The molecule has 0 unspecified atom stereocenters. The minimum atomic E-state index is -0.341. The highest BCUT2D eigenvalue weighted by atomic mass is 19.1. The van der Waals surface area contributed by atoms with Crippen molar-refractivity contribution in [2.75, 3.05) is 13.7 Å². The highest BCUT2D eigenvalue weighted by Gasteiger charge is 2.22. The van der Waals surface area contributed by atoms with E-state index in [1.165, 1.54) is 18.3 Å². The summed E-state index contributed by atoms with van der Waals surface area (Å²) in [6.07, 6.45) is 3.07. The Bertz CT molecular complexity index is 1350. The normalized spacial score (nSPS) is 11.1. The number of benzene rings is 2. The summed E-state index contributed by atoms with van der Waals surface area (Å²) in [5.74, 6) is -0.0118. The van der Waals surface area contributed by atoms with Crippen LogP contribution in [0.4, 0.5) is 4.39 Å². The van der Waals surface area contributed by atoms with E-state index in [1.54, 1.807) is 49.3 Å². The van der Waals surface area contributed by atoms with Gasteiger partial charge in [-0.1, -0.05) is 12.1 Å². The molecule has 33 heavy (non-hydrogen) atoms. The van der Waals surface area contributed by atoms with Crippen LogP contribution in [0.3, 0.4) is 0 Å². The number of fused-ring (bicyclic) bond motifs is 1. The second-order valence-electron chi connectivity index (χ2n) is 7.94. The Kier molecular flexibility index (Phi) is 6.00. The molecule has 1 N–H and O–H groups in total. The highest BCUT2D eigenvalue weighted by Crippen LogP contribution is 2.36. The molecule has 0 aliphatic heterocycles. The Morgan fingerprint density at radius 1 is 1.27 bits per heavy atom. The molecule has 4 rings (SSSR count). The highest BCUT2D eigenvalue weighted by molar-refractivity contribution is 5.97. The third-order valence-corrected chi connectivity index (χ3v) is 5.77. The number of halogens is 1. The van der Waals surface area contributed by atoms with E-state index in [9.17, 15) is 14.4 Å². The molecule has 2 aromatic heterocycles. The molecule has 2 heterocycles. The van der Waals surface area contributed by atoms with E-state index >= 15 is 0 Å². The van der Waals surface area contributed by atoms with Crippen molar-refractivity contribution in [1.29, 1.82) is 0 Å². The van der Waals surface area contributed by atoms with Crippen LogP contribution in [-0.2, 0) is 6.54 Å². The maximum atomic E-state index is 13.8. The minimum absolute atomic E-state index is 0.217. The Labute approximate surface area is 191 Å². The second kappa shape index (κ2) is 8.90. The molecule has 4 aromatic rings. The largest absolute Gasteiger partial charge is 0.618 e. The summed E-state index contributed by atoms with van der Waals surface area (Å²) in [4.78, 5) is 14.9.